The van der Waals surface area contributed by atoms with Gasteiger partial charge in [0, 0.05) is 0 Å². The summed E-state index contributed by atoms with van der Waals surface area (Å²) in [6.07, 6.45) is -2.97. The number of hydrogen-bond acceptors (Lipinski definition) is 2. The Balaban J connectivity index is 3.71. The molecule has 0 atom stereocenters. The Kier molecular flexibility index (Phi) is 3.57. The fraction of sp³-hybridized carbons (Fsp3) is 0.750. The predicted molar refractivity (Wildman–Crippen MR) is 27.8 cm³/mol. The van der Waals surface area contributed by atoms with Crippen molar-refractivity contribution in [1.82, 2.24) is 0 Å². The molecule has 0 aliphatic rings. The Hall–Kier alpha value is -0.520. The Morgan fingerprint density at radius 1 is 1.55 bits per heavy atom. The van der Waals surface area contributed by atoms with E-state index < -0.39 is 24.4 Å². The Bertz CT molecular complexity index is 144. The van der Waals surface area contributed by atoms with Gasteiger partial charge in [0.05, 0.1) is 0 Å². The third kappa shape index (κ3) is 4.83. The molecule has 0 aliphatic heterocycles. The highest BCUT2D eigenvalue weighted by Crippen LogP contribution is 2.20. The van der Waals surface area contributed by atoms with Crippen molar-refractivity contribution in [3.63, 3.8) is 0 Å². The van der Waals surface area contributed by atoms with E-state index in [2.05, 4.69) is 16.3 Å². The van der Waals surface area contributed by atoms with Crippen molar-refractivity contribution in [3.05, 3.63) is 0 Å². The maximum Gasteiger partial charge on any atom is 0.417 e. The summed E-state index contributed by atoms with van der Waals surface area (Å²) < 4.78 is 49.1. The Morgan fingerprint density at radius 2 is 2.00 bits per heavy atom. The molecule has 0 unspecified atom stereocenters. The standard InChI is InChI=1S/C4H3ClF4O2/c5-4(8,9)3(10)11-1-2(6)7/h2H,1H2. The van der Waals surface area contributed by atoms with E-state index in [0.717, 1.165) is 0 Å². The van der Waals surface area contributed by atoms with Crippen molar-refractivity contribution in [2.45, 2.75) is 11.8 Å². The minimum absolute atomic E-state index is 1.37. The SMILES string of the molecule is O=C(OCC(F)F)C(F)(F)Cl. The third-order valence-corrected chi connectivity index (χ3v) is 0.726. The van der Waals surface area contributed by atoms with Gasteiger partial charge in [0.1, 0.15) is 0 Å². The summed E-state index contributed by atoms with van der Waals surface area (Å²) in [5.41, 5.74) is 0. The summed E-state index contributed by atoms with van der Waals surface area (Å²) in [4.78, 5) is 9.93. The Morgan fingerprint density at radius 3 is 2.27 bits per heavy atom. The smallest absolute Gasteiger partial charge is 0.417 e. The van der Waals surface area contributed by atoms with Gasteiger partial charge in [-0.05, 0) is 11.6 Å². The molecule has 0 amide bonds. The van der Waals surface area contributed by atoms with Crippen LogP contribution < -0.4 is 0 Å². The van der Waals surface area contributed by atoms with E-state index in [1.165, 1.54) is 0 Å². The van der Waals surface area contributed by atoms with E-state index in [-0.39, 0.29) is 0 Å². The van der Waals surface area contributed by atoms with Gasteiger partial charge < -0.3 is 4.74 Å². The van der Waals surface area contributed by atoms with Crippen molar-refractivity contribution in [2.24, 2.45) is 0 Å². The van der Waals surface area contributed by atoms with Crippen LogP contribution >= 0.6 is 11.6 Å². The quantitative estimate of drug-likeness (QED) is 0.388. The van der Waals surface area contributed by atoms with Crippen LogP contribution in [0.15, 0.2) is 0 Å². The first-order chi connectivity index (χ1) is 4.84. The summed E-state index contributed by atoms with van der Waals surface area (Å²) in [6, 6.07) is 0. The fourth-order valence-electron chi connectivity index (χ4n) is 0.221. The molecule has 0 aromatic carbocycles. The lowest BCUT2D eigenvalue weighted by molar-refractivity contribution is -0.164. The molecule has 0 spiro atoms. The van der Waals surface area contributed by atoms with Gasteiger partial charge in [-0.1, -0.05) is 0 Å². The van der Waals surface area contributed by atoms with Crippen molar-refractivity contribution in [3.8, 4) is 0 Å². The van der Waals surface area contributed by atoms with Crippen LogP contribution in [0.3, 0.4) is 0 Å². The largest absolute Gasteiger partial charge is 0.454 e. The second kappa shape index (κ2) is 3.75. The summed E-state index contributed by atoms with van der Waals surface area (Å²) in [5.74, 6) is -2.17. The van der Waals surface area contributed by atoms with Crippen LogP contribution in [0.25, 0.3) is 0 Å². The minimum atomic E-state index is -4.23. The van der Waals surface area contributed by atoms with E-state index in [1.54, 1.807) is 0 Å². The first-order valence-corrected chi connectivity index (χ1v) is 2.74. The molecule has 0 aliphatic carbocycles. The molecule has 0 saturated carbocycles. The highest BCUT2D eigenvalue weighted by Gasteiger charge is 2.38. The molecule has 11 heavy (non-hydrogen) atoms. The van der Waals surface area contributed by atoms with Gasteiger partial charge in [0.25, 0.3) is 6.43 Å². The molecule has 0 saturated heterocycles. The second-order valence-corrected chi connectivity index (χ2v) is 1.96. The first kappa shape index (κ1) is 10.5. The van der Waals surface area contributed by atoms with E-state index in [0.29, 0.717) is 0 Å². The molecule has 0 N–H and O–H groups in total. The molecule has 7 heteroatoms. The highest BCUT2D eigenvalue weighted by atomic mass is 35.5. The molecular formula is C4H3ClF4O2. The van der Waals surface area contributed by atoms with Crippen LogP contribution in [0.2, 0.25) is 0 Å². The van der Waals surface area contributed by atoms with Crippen LogP contribution in [0.5, 0.6) is 0 Å². The van der Waals surface area contributed by atoms with Gasteiger partial charge in [-0.3, -0.25) is 0 Å². The maximum atomic E-state index is 11.6. The number of esters is 1. The topological polar surface area (TPSA) is 26.3 Å². The number of alkyl halides is 5. The second-order valence-electron chi connectivity index (χ2n) is 1.49. The van der Waals surface area contributed by atoms with Crippen LogP contribution in [0.4, 0.5) is 17.6 Å². The van der Waals surface area contributed by atoms with Gasteiger partial charge in [0.15, 0.2) is 6.61 Å². The molecule has 0 fully saturated rings. The lowest BCUT2D eigenvalue weighted by atomic mass is 10.7. The number of carbonyl (C=O) groups excluding carboxylic acids is 1. The normalized spacial score (nSPS) is 11.8. The summed E-state index contributed by atoms with van der Waals surface area (Å²) >= 11 is 4.11. The molecule has 2 nitrogen and oxygen atoms in total. The number of hydrogen-bond donors (Lipinski definition) is 0. The molecule has 0 aromatic heterocycles. The molecule has 0 radical (unpaired) electrons. The monoisotopic (exact) mass is 194 g/mol. The molecule has 0 rings (SSSR count). The van der Waals surface area contributed by atoms with Gasteiger partial charge >= 0.3 is 11.4 Å². The zero-order chi connectivity index (χ0) is 9.07. The van der Waals surface area contributed by atoms with Gasteiger partial charge in [-0.2, -0.15) is 8.78 Å². The van der Waals surface area contributed by atoms with E-state index >= 15 is 0 Å². The first-order valence-electron chi connectivity index (χ1n) is 2.36. The van der Waals surface area contributed by atoms with E-state index in [4.69, 9.17) is 0 Å². The van der Waals surface area contributed by atoms with Crippen LogP contribution in [-0.4, -0.2) is 24.4 Å². The lowest BCUT2D eigenvalue weighted by Gasteiger charge is -2.06. The summed E-state index contributed by atoms with van der Waals surface area (Å²) in [5, 5.41) is -4.23. The van der Waals surface area contributed by atoms with Crippen LogP contribution in [-0.2, 0) is 9.53 Å². The van der Waals surface area contributed by atoms with Crippen molar-refractivity contribution in [1.29, 1.82) is 0 Å². The zero-order valence-corrected chi connectivity index (χ0v) is 5.75. The van der Waals surface area contributed by atoms with Crippen molar-refractivity contribution >= 4 is 17.6 Å². The van der Waals surface area contributed by atoms with Crippen molar-refractivity contribution < 1.29 is 27.1 Å². The third-order valence-electron chi connectivity index (χ3n) is 0.572. The highest BCUT2D eigenvalue weighted by molar-refractivity contribution is 6.31. The van der Waals surface area contributed by atoms with E-state index in [1.807, 2.05) is 0 Å². The maximum absolute atomic E-state index is 11.6. The minimum Gasteiger partial charge on any atom is -0.454 e. The molecule has 0 heterocycles. The number of ether oxygens (including phenoxy) is 1. The summed E-state index contributed by atoms with van der Waals surface area (Å²) in [6.45, 7) is -1.37. The zero-order valence-electron chi connectivity index (χ0n) is 4.99. The van der Waals surface area contributed by atoms with Crippen LogP contribution in [0, 0.1) is 0 Å². The number of halogens is 5. The molecular weight excluding hydrogens is 191 g/mol. The fourth-order valence-corrected chi connectivity index (χ4v) is 0.275. The predicted octanol–water partition coefficient (Wildman–Crippen LogP) is 1.63. The van der Waals surface area contributed by atoms with Gasteiger partial charge in [-0.15, -0.1) is 0 Å². The van der Waals surface area contributed by atoms with Crippen molar-refractivity contribution in [2.75, 3.05) is 6.61 Å². The average Bonchev–Trinajstić information content (AvgIpc) is 1.80. The molecule has 66 valence electrons. The van der Waals surface area contributed by atoms with Crippen LogP contribution in [0.1, 0.15) is 0 Å². The summed E-state index contributed by atoms with van der Waals surface area (Å²) in [7, 11) is 0. The van der Waals surface area contributed by atoms with E-state index in [9.17, 15) is 22.4 Å². The Labute approximate surface area is 64.1 Å². The lowest BCUT2D eigenvalue weighted by Crippen LogP contribution is -2.26. The molecule has 0 bridgehead atoms. The molecule has 0 aromatic rings. The number of carbonyl (C=O) groups is 1. The van der Waals surface area contributed by atoms with Gasteiger partial charge in [-0.25, -0.2) is 13.6 Å². The average molecular weight is 195 g/mol. The number of rotatable bonds is 3. The van der Waals surface area contributed by atoms with Gasteiger partial charge in [0.2, 0.25) is 0 Å².